The minimum absolute atomic E-state index is 0.0170. The number of ether oxygens (including phenoxy) is 2. The Balaban J connectivity index is 2.02. The van der Waals surface area contributed by atoms with Gasteiger partial charge in [-0.3, -0.25) is 4.79 Å². The van der Waals surface area contributed by atoms with Crippen LogP contribution in [0.2, 0.25) is 0 Å². The molecule has 26 heavy (non-hydrogen) atoms. The molecule has 2 rings (SSSR count). The Morgan fingerprint density at radius 1 is 1.00 bits per heavy atom. The minimum Gasteiger partial charge on any atom is -0.507 e. The number of carboxylic acids is 1. The van der Waals surface area contributed by atoms with Crippen molar-refractivity contribution in [3.8, 4) is 17.2 Å². The largest absolute Gasteiger partial charge is 0.507 e. The van der Waals surface area contributed by atoms with Crippen molar-refractivity contribution in [1.82, 2.24) is 0 Å². The Hall–Kier alpha value is -3.06. The number of carbonyl (C=O) groups is 2. The van der Waals surface area contributed by atoms with E-state index in [1.165, 1.54) is 18.2 Å². The van der Waals surface area contributed by atoms with E-state index in [4.69, 9.17) is 19.7 Å². The second-order valence-corrected chi connectivity index (χ2v) is 5.47. The second kappa shape index (κ2) is 9.43. The predicted molar refractivity (Wildman–Crippen MR) is 92.9 cm³/mol. The lowest BCUT2D eigenvalue weighted by Gasteiger charge is -2.11. The number of benzene rings is 2. The molecule has 7 heteroatoms. The molecule has 0 heterocycles. The van der Waals surface area contributed by atoms with Gasteiger partial charge in [-0.2, -0.15) is 0 Å². The summed E-state index contributed by atoms with van der Waals surface area (Å²) in [6, 6.07) is 11.4. The SMILES string of the molecule is O=C(O)COc1cccc(O)c1C(=O)CCc1ccc(OCCO)cc1. The van der Waals surface area contributed by atoms with E-state index in [9.17, 15) is 14.7 Å². The molecular formula is C19H20O7. The van der Waals surface area contributed by atoms with Crippen LogP contribution in [0.5, 0.6) is 17.2 Å². The molecule has 0 aliphatic rings. The van der Waals surface area contributed by atoms with Crippen LogP contribution < -0.4 is 9.47 Å². The Labute approximate surface area is 150 Å². The molecule has 0 amide bonds. The Morgan fingerprint density at radius 3 is 2.38 bits per heavy atom. The van der Waals surface area contributed by atoms with Crippen LogP contribution in [0.25, 0.3) is 0 Å². The third kappa shape index (κ3) is 5.49. The van der Waals surface area contributed by atoms with Gasteiger partial charge in [0.15, 0.2) is 12.4 Å². The van der Waals surface area contributed by atoms with Crippen LogP contribution >= 0.6 is 0 Å². The molecule has 2 aromatic rings. The van der Waals surface area contributed by atoms with Crippen molar-refractivity contribution in [1.29, 1.82) is 0 Å². The van der Waals surface area contributed by atoms with Crippen LogP contribution in [0.1, 0.15) is 22.3 Å². The van der Waals surface area contributed by atoms with Crippen molar-refractivity contribution in [3.63, 3.8) is 0 Å². The van der Waals surface area contributed by atoms with Gasteiger partial charge in [0.2, 0.25) is 0 Å². The van der Waals surface area contributed by atoms with Crippen LogP contribution in [0, 0.1) is 0 Å². The highest BCUT2D eigenvalue weighted by Crippen LogP contribution is 2.29. The fourth-order valence-corrected chi connectivity index (χ4v) is 2.36. The summed E-state index contributed by atoms with van der Waals surface area (Å²) in [6.45, 7) is -0.452. The summed E-state index contributed by atoms with van der Waals surface area (Å²) in [5.41, 5.74) is 0.884. The zero-order valence-electron chi connectivity index (χ0n) is 14.1. The highest BCUT2D eigenvalue weighted by molar-refractivity contribution is 6.01. The quantitative estimate of drug-likeness (QED) is 0.556. The number of aryl methyl sites for hydroxylation is 1. The summed E-state index contributed by atoms with van der Waals surface area (Å²) in [6.07, 6.45) is 0.559. The van der Waals surface area contributed by atoms with Gasteiger partial charge in [-0.05, 0) is 36.2 Å². The first-order chi connectivity index (χ1) is 12.5. The zero-order chi connectivity index (χ0) is 18.9. The molecule has 138 valence electrons. The first-order valence-corrected chi connectivity index (χ1v) is 8.03. The van der Waals surface area contributed by atoms with Crippen LogP contribution in [0.15, 0.2) is 42.5 Å². The molecule has 0 fully saturated rings. The first-order valence-electron chi connectivity index (χ1n) is 8.03. The monoisotopic (exact) mass is 360 g/mol. The van der Waals surface area contributed by atoms with Gasteiger partial charge in [-0.15, -0.1) is 0 Å². The van der Waals surface area contributed by atoms with Gasteiger partial charge in [-0.1, -0.05) is 18.2 Å². The third-order valence-electron chi connectivity index (χ3n) is 3.56. The topological polar surface area (TPSA) is 113 Å². The summed E-state index contributed by atoms with van der Waals surface area (Å²) < 4.78 is 10.4. The molecule has 0 aliphatic carbocycles. The number of phenols is 1. The van der Waals surface area contributed by atoms with E-state index in [2.05, 4.69) is 0 Å². The summed E-state index contributed by atoms with van der Waals surface area (Å²) in [4.78, 5) is 23.1. The molecule has 0 aromatic heterocycles. The fraction of sp³-hybridized carbons (Fsp3) is 0.263. The average molecular weight is 360 g/mol. The molecule has 2 aromatic carbocycles. The Kier molecular flexibility index (Phi) is 6.99. The Morgan fingerprint density at radius 2 is 1.73 bits per heavy atom. The van der Waals surface area contributed by atoms with Crippen LogP contribution in [-0.2, 0) is 11.2 Å². The molecule has 0 atom stereocenters. The van der Waals surface area contributed by atoms with Gasteiger partial charge in [0.05, 0.1) is 6.61 Å². The molecule has 3 N–H and O–H groups in total. The number of aliphatic hydroxyl groups is 1. The first kappa shape index (κ1) is 19.3. The van der Waals surface area contributed by atoms with Crippen molar-refractivity contribution in [2.45, 2.75) is 12.8 Å². The van der Waals surface area contributed by atoms with E-state index >= 15 is 0 Å². The van der Waals surface area contributed by atoms with E-state index in [-0.39, 0.29) is 42.5 Å². The maximum Gasteiger partial charge on any atom is 0.341 e. The van der Waals surface area contributed by atoms with Gasteiger partial charge in [-0.25, -0.2) is 4.79 Å². The number of aliphatic hydroxyl groups excluding tert-OH is 1. The maximum atomic E-state index is 12.5. The second-order valence-electron chi connectivity index (χ2n) is 5.47. The van der Waals surface area contributed by atoms with Gasteiger partial charge >= 0.3 is 5.97 Å². The fourth-order valence-electron chi connectivity index (χ4n) is 2.36. The number of carbonyl (C=O) groups excluding carboxylic acids is 1. The molecule has 0 radical (unpaired) electrons. The van der Waals surface area contributed by atoms with Crippen molar-refractivity contribution in [3.05, 3.63) is 53.6 Å². The van der Waals surface area contributed by atoms with Crippen LogP contribution in [-0.4, -0.2) is 46.9 Å². The van der Waals surface area contributed by atoms with E-state index in [0.717, 1.165) is 5.56 Å². The molecule has 7 nitrogen and oxygen atoms in total. The number of hydrogen-bond acceptors (Lipinski definition) is 6. The summed E-state index contributed by atoms with van der Waals surface area (Å²) in [5.74, 6) is -1.09. The lowest BCUT2D eigenvalue weighted by Crippen LogP contribution is -2.12. The number of hydrogen-bond donors (Lipinski definition) is 3. The molecule has 0 saturated heterocycles. The van der Waals surface area contributed by atoms with Gasteiger partial charge in [0.1, 0.15) is 29.4 Å². The number of aliphatic carboxylic acids is 1. The van der Waals surface area contributed by atoms with Crippen molar-refractivity contribution in [2.75, 3.05) is 19.8 Å². The van der Waals surface area contributed by atoms with Crippen LogP contribution in [0.4, 0.5) is 0 Å². The van der Waals surface area contributed by atoms with Gasteiger partial charge in [0, 0.05) is 6.42 Å². The number of carboxylic acid groups (broad SMARTS) is 1. The molecule has 0 spiro atoms. The number of ketones is 1. The standard InChI is InChI=1S/C19H20O7/c20-10-11-25-14-7-4-13(5-8-14)6-9-16(22)19-15(21)2-1-3-17(19)26-12-18(23)24/h1-5,7-8,20-21H,6,9-12H2,(H,23,24). The summed E-state index contributed by atoms with van der Waals surface area (Å²) in [5, 5.41) is 27.4. The maximum absolute atomic E-state index is 12.5. The lowest BCUT2D eigenvalue weighted by molar-refractivity contribution is -0.139. The van der Waals surface area contributed by atoms with Gasteiger partial charge < -0.3 is 24.8 Å². The van der Waals surface area contributed by atoms with E-state index in [1.54, 1.807) is 12.1 Å². The average Bonchev–Trinajstić information content (AvgIpc) is 2.63. The van der Waals surface area contributed by atoms with Crippen molar-refractivity contribution in [2.24, 2.45) is 0 Å². The number of Topliss-reactive ketones (excluding diaryl/α,β-unsaturated/α-hetero) is 1. The smallest absolute Gasteiger partial charge is 0.341 e. The highest BCUT2D eigenvalue weighted by Gasteiger charge is 2.18. The number of rotatable bonds is 10. The molecular weight excluding hydrogens is 340 g/mol. The molecule has 0 saturated carbocycles. The van der Waals surface area contributed by atoms with Crippen LogP contribution in [0.3, 0.4) is 0 Å². The molecule has 0 aliphatic heterocycles. The van der Waals surface area contributed by atoms with E-state index in [1.807, 2.05) is 12.1 Å². The number of phenolic OH excluding ortho intramolecular Hbond substituents is 1. The Bertz CT molecular complexity index is 753. The van der Waals surface area contributed by atoms with Gasteiger partial charge in [0.25, 0.3) is 0 Å². The molecule has 0 bridgehead atoms. The van der Waals surface area contributed by atoms with Crippen molar-refractivity contribution < 1.29 is 34.4 Å². The van der Waals surface area contributed by atoms with Crippen molar-refractivity contribution >= 4 is 11.8 Å². The summed E-state index contributed by atoms with van der Waals surface area (Å²) >= 11 is 0. The lowest BCUT2D eigenvalue weighted by atomic mass is 10.0. The van der Waals surface area contributed by atoms with E-state index < -0.39 is 12.6 Å². The predicted octanol–water partition coefficient (Wildman–Crippen LogP) is 2.04. The van der Waals surface area contributed by atoms with E-state index in [0.29, 0.717) is 12.2 Å². The normalized spacial score (nSPS) is 10.3. The number of aromatic hydroxyl groups is 1. The minimum atomic E-state index is -1.17. The summed E-state index contributed by atoms with van der Waals surface area (Å²) in [7, 11) is 0. The third-order valence-corrected chi connectivity index (χ3v) is 3.56. The highest BCUT2D eigenvalue weighted by atomic mass is 16.5. The molecule has 0 unspecified atom stereocenters. The zero-order valence-corrected chi connectivity index (χ0v) is 14.1.